The first-order valence-electron chi connectivity index (χ1n) is 42.7. The highest BCUT2D eigenvalue weighted by molar-refractivity contribution is 9.10. The van der Waals surface area contributed by atoms with Crippen LogP contribution in [0.25, 0.3) is 110 Å². The topological polar surface area (TPSA) is 392 Å². The minimum Gasteiger partial charge on any atom is -0.469 e. The van der Waals surface area contributed by atoms with E-state index in [2.05, 4.69) is 139 Å². The number of carbonyl (C=O) groups is 3. The van der Waals surface area contributed by atoms with E-state index >= 15 is 0 Å². The molecular formula is C95H93BrClN23O5S. The van der Waals surface area contributed by atoms with Crippen molar-refractivity contribution < 1.29 is 23.9 Å². The Morgan fingerprint density at radius 3 is 1.62 bits per heavy atom. The van der Waals surface area contributed by atoms with Crippen LogP contribution in [0.1, 0.15) is 154 Å². The quantitative estimate of drug-likeness (QED) is 0.0430. The number of alkyl carbamates (subject to hydrolysis) is 1. The molecule has 28 nitrogen and oxygen atoms in total. The SMILES string of the molecule is COC(=O)C1CCC(c2nc(-c3cc4cccc(Cl)c4s3)c3c(N)nccn23)CC1.Cc1ccncc1NC(=O)C1CCC(c2nc(-c3cc4ccccc4[nH]3)c3c(N)nccn23)CC1.Nc1nccn2c(C3CCC3)nc(-c3cc4c(Br)cccc4[nH]3)c12.Nc1ncnn2c(C3CCC(CNC(=O)OCc4ccccc4)CC3)nc(-c3cc4ccccc4[nH]3)c12. The molecule has 4 fully saturated rings. The molecule has 0 aliphatic heterocycles. The normalized spacial score (nSPS) is 17.8. The number of methoxy groups -OCH3 is 1. The maximum atomic E-state index is 12.9. The van der Waals surface area contributed by atoms with E-state index in [-0.39, 0.29) is 54.2 Å². The number of H-pyrrole nitrogens is 3. The largest absolute Gasteiger partial charge is 0.469 e. The number of halogens is 2. The van der Waals surface area contributed by atoms with Gasteiger partial charge in [0, 0.05) is 117 Å². The Hall–Kier alpha value is -13.6. The number of aromatic nitrogens is 17. The molecule has 4 saturated carbocycles. The maximum Gasteiger partial charge on any atom is 0.407 e. The van der Waals surface area contributed by atoms with Crippen LogP contribution in [-0.4, -0.2) is 114 Å². The predicted octanol–water partition coefficient (Wildman–Crippen LogP) is 19.9. The second kappa shape index (κ2) is 35.6. The highest BCUT2D eigenvalue weighted by Gasteiger charge is 2.36. The molecule has 22 rings (SSSR count). The highest BCUT2D eigenvalue weighted by Crippen LogP contribution is 2.47. The lowest BCUT2D eigenvalue weighted by Gasteiger charge is -2.27. The number of esters is 1. The Morgan fingerprint density at radius 2 is 1.04 bits per heavy atom. The van der Waals surface area contributed by atoms with E-state index in [1.54, 1.807) is 42.3 Å². The van der Waals surface area contributed by atoms with E-state index in [4.69, 9.17) is 63.9 Å². The standard InChI is InChI=1S/C28H29N7O2.C27H27N7O.C22H21ClN4O2S.C18H16BrN5/c29-26-25-24(23-14-21-8-4-5-9-22(21)33-23)34-27(35(25)32-17-31-26)20-12-10-18(11-13-20)15-30-28(36)37-16-19-6-2-1-3-7-19;1-16-10-11-29-15-22(16)32-27(35)18-8-6-17(7-9-18)26-33-23(24-25(28)30-12-13-34(24)26)21-14-19-4-2-3-5-20(19)31-21;1-29-22(28)13-7-5-12(6-8-13)21-26-17(18-20(24)25-9-10-27(18)21)16-11-14-3-2-4-15(23)19(14)30-16;19-12-5-2-6-13-11(12)9-14(22-13)15-16-17(20)21-7-8-24(16)18(23-15)10-3-1-4-10/h1-9,14,17-18,20,33H,10-13,15-16H2,(H,30,36)(H2,29,31,32);2-5,10-15,17-18,31H,6-9H2,1H3,(H2,28,30)(H,32,35);2-4,9-13H,5-8H2,1H3,(H2,24,25);2,5-10,22H,1,3-4H2,(H2,20,21). The summed E-state index contributed by atoms with van der Waals surface area (Å²) in [6.45, 7) is 2.86. The molecule has 13 heterocycles. The average molecular weight is 1780 g/mol. The van der Waals surface area contributed by atoms with Crippen LogP contribution in [0, 0.1) is 24.7 Å². The van der Waals surface area contributed by atoms with E-state index in [1.807, 2.05) is 121 Å². The second-order valence-electron chi connectivity index (χ2n) is 33.1. The van der Waals surface area contributed by atoms with Crippen molar-refractivity contribution in [3.63, 3.8) is 0 Å². The molecule has 0 atom stereocenters. The molecule has 4 aliphatic carbocycles. The number of rotatable bonds is 15. The van der Waals surface area contributed by atoms with Gasteiger partial charge < -0.3 is 58.0 Å². The van der Waals surface area contributed by atoms with Crippen molar-refractivity contribution >= 4 is 151 Å². The van der Waals surface area contributed by atoms with Crippen molar-refractivity contribution in [2.24, 2.45) is 17.8 Å². The van der Waals surface area contributed by atoms with Gasteiger partial charge in [-0.1, -0.05) is 119 Å². The molecule has 0 spiro atoms. The Labute approximate surface area is 740 Å². The predicted molar refractivity (Wildman–Crippen MR) is 498 cm³/mol. The highest BCUT2D eigenvalue weighted by atomic mass is 79.9. The third-order valence-corrected chi connectivity index (χ3v) is 27.6. The van der Waals surface area contributed by atoms with Crippen molar-refractivity contribution in [2.45, 2.75) is 134 Å². The van der Waals surface area contributed by atoms with Crippen LogP contribution >= 0.6 is 38.9 Å². The fraction of sp³-hybridized carbons (Fsp3) is 0.274. The number of aromatic amines is 3. The van der Waals surface area contributed by atoms with Crippen LogP contribution < -0.4 is 33.6 Å². The van der Waals surface area contributed by atoms with Crippen LogP contribution in [0.3, 0.4) is 0 Å². The van der Waals surface area contributed by atoms with Gasteiger partial charge in [0.1, 0.15) is 98.5 Å². The number of benzene rings is 5. The smallest absolute Gasteiger partial charge is 0.407 e. The molecule has 13 aromatic heterocycles. The lowest BCUT2D eigenvalue weighted by Crippen LogP contribution is -2.31. The van der Waals surface area contributed by atoms with E-state index in [0.717, 1.165) is 236 Å². The minimum absolute atomic E-state index is 0.0167. The zero-order valence-electron chi connectivity index (χ0n) is 69.4. The lowest BCUT2D eigenvalue weighted by molar-refractivity contribution is -0.146. The number of thiophene rings is 1. The summed E-state index contributed by atoms with van der Waals surface area (Å²) in [4.78, 5) is 89.8. The van der Waals surface area contributed by atoms with E-state index in [9.17, 15) is 14.4 Å². The summed E-state index contributed by atoms with van der Waals surface area (Å²) in [5.74, 6) is 7.39. The van der Waals surface area contributed by atoms with Gasteiger partial charge in [-0.05, 0) is 180 Å². The van der Waals surface area contributed by atoms with E-state index in [1.165, 1.54) is 32.7 Å². The summed E-state index contributed by atoms with van der Waals surface area (Å²) in [5.41, 5.74) is 40.4. The molecule has 0 radical (unpaired) electrons. The van der Waals surface area contributed by atoms with Gasteiger partial charge in [-0.2, -0.15) is 5.10 Å². The maximum absolute atomic E-state index is 12.9. The summed E-state index contributed by atoms with van der Waals surface area (Å²) < 4.78 is 20.5. The molecule has 5 aromatic carbocycles. The van der Waals surface area contributed by atoms with E-state index in [0.29, 0.717) is 41.7 Å². The van der Waals surface area contributed by atoms with Gasteiger partial charge in [-0.25, -0.2) is 49.2 Å². The number of nitrogens with one attached hydrogen (secondary N) is 5. The summed E-state index contributed by atoms with van der Waals surface area (Å²) in [5, 5.41) is 15.7. The van der Waals surface area contributed by atoms with Crippen molar-refractivity contribution in [1.29, 1.82) is 0 Å². The van der Waals surface area contributed by atoms with Gasteiger partial charge in [0.05, 0.1) is 56.6 Å². The monoisotopic (exact) mass is 1780 g/mol. The van der Waals surface area contributed by atoms with Crippen LogP contribution in [0.4, 0.5) is 33.8 Å². The van der Waals surface area contributed by atoms with Gasteiger partial charge in [-0.15, -0.1) is 11.3 Å². The van der Waals surface area contributed by atoms with Crippen LogP contribution in [-0.2, 0) is 25.7 Å². The summed E-state index contributed by atoms with van der Waals surface area (Å²) in [7, 11) is 1.45. The second-order valence-corrected chi connectivity index (χ2v) is 35.4. The number of hydrogen-bond donors (Lipinski definition) is 9. The number of hydrogen-bond acceptors (Lipinski definition) is 20. The molecule has 0 unspecified atom stereocenters. The summed E-state index contributed by atoms with van der Waals surface area (Å²) in [6.07, 6.45) is 29.9. The molecule has 31 heteroatoms. The molecule has 126 heavy (non-hydrogen) atoms. The molecular weight excluding hydrogens is 1690 g/mol. The number of aryl methyl sites for hydroxylation is 1. The fourth-order valence-electron chi connectivity index (χ4n) is 18.4. The van der Waals surface area contributed by atoms with Crippen molar-refractivity contribution in [1.82, 2.24) is 87.9 Å². The number of imidazole rings is 4. The first kappa shape index (κ1) is 82.1. The number of nitrogen functional groups attached to an aromatic ring is 4. The molecule has 0 saturated heterocycles. The Balaban J connectivity index is 0.000000111. The number of nitrogens with zero attached hydrogens (tertiary/aromatic N) is 14. The Kier molecular flexibility index (Phi) is 23.2. The number of fused-ring (bicyclic) bond motifs is 8. The lowest BCUT2D eigenvalue weighted by atomic mass is 9.81. The molecule has 638 valence electrons. The number of ether oxygens (including phenoxy) is 2. The number of anilines is 5. The number of nitrogens with two attached hydrogens (primary N) is 4. The number of amides is 2. The van der Waals surface area contributed by atoms with Gasteiger partial charge in [-0.3, -0.25) is 27.8 Å². The van der Waals surface area contributed by atoms with Gasteiger partial charge in [0.25, 0.3) is 0 Å². The third kappa shape index (κ3) is 16.5. The van der Waals surface area contributed by atoms with Crippen molar-refractivity contribution in [3.05, 3.63) is 245 Å². The summed E-state index contributed by atoms with van der Waals surface area (Å²) >= 11 is 11.6. The molecule has 13 N–H and O–H groups in total. The first-order valence-corrected chi connectivity index (χ1v) is 44.7. The number of carbonyl (C=O) groups excluding carboxylic acids is 3. The molecule has 2 amide bonds. The number of para-hydroxylation sites is 2. The zero-order chi connectivity index (χ0) is 86.2. The average Bonchev–Trinajstić information content (AvgIpc) is 1.61. The van der Waals surface area contributed by atoms with Crippen molar-refractivity contribution in [3.8, 4) is 44.7 Å². The summed E-state index contributed by atoms with van der Waals surface area (Å²) in [6, 6.07) is 48.4. The van der Waals surface area contributed by atoms with Crippen LogP contribution in [0.15, 0.2) is 206 Å². The third-order valence-electron chi connectivity index (χ3n) is 25.3. The Morgan fingerprint density at radius 1 is 0.532 bits per heavy atom. The van der Waals surface area contributed by atoms with Gasteiger partial charge in [0.2, 0.25) is 5.91 Å². The van der Waals surface area contributed by atoms with E-state index < -0.39 is 0 Å². The molecule has 4 aliphatic rings. The van der Waals surface area contributed by atoms with Crippen molar-refractivity contribution in [2.75, 3.05) is 41.9 Å². The van der Waals surface area contributed by atoms with Gasteiger partial charge in [0.15, 0.2) is 5.82 Å². The van der Waals surface area contributed by atoms with Crippen LogP contribution in [0.5, 0.6) is 0 Å². The number of pyridine rings is 1. The minimum atomic E-state index is -0.375. The first-order chi connectivity index (χ1) is 61.5. The zero-order valence-corrected chi connectivity index (χ0v) is 72.5. The van der Waals surface area contributed by atoms with Crippen LogP contribution in [0.2, 0.25) is 5.02 Å². The van der Waals surface area contributed by atoms with Gasteiger partial charge >= 0.3 is 12.1 Å². The molecule has 18 aromatic rings. The molecule has 0 bridgehead atoms. The fourth-order valence-corrected chi connectivity index (χ4v) is 20.2. The Bertz CT molecular complexity index is 7020.